The first-order valence-electron chi connectivity index (χ1n) is 5.82. The van der Waals surface area contributed by atoms with Gasteiger partial charge in [-0.05, 0) is 31.0 Å². The van der Waals surface area contributed by atoms with Gasteiger partial charge in [0.05, 0.1) is 13.2 Å². The van der Waals surface area contributed by atoms with Crippen molar-refractivity contribution in [3.05, 3.63) is 29.8 Å². The average molecular weight is 221 g/mol. The van der Waals surface area contributed by atoms with Crippen LogP contribution in [0.1, 0.15) is 18.9 Å². The summed E-state index contributed by atoms with van der Waals surface area (Å²) < 4.78 is 10.9. The van der Waals surface area contributed by atoms with Crippen LogP contribution in [-0.4, -0.2) is 26.4 Å². The molecule has 16 heavy (non-hydrogen) atoms. The first-order chi connectivity index (χ1) is 7.80. The summed E-state index contributed by atoms with van der Waals surface area (Å²) in [6.45, 7) is 4.87. The minimum absolute atomic E-state index is 0.0186. The molecule has 1 aromatic rings. The molecule has 1 heterocycles. The monoisotopic (exact) mass is 221 g/mol. The van der Waals surface area contributed by atoms with Crippen LogP contribution in [0.2, 0.25) is 0 Å². The van der Waals surface area contributed by atoms with E-state index in [1.165, 1.54) is 5.56 Å². The lowest BCUT2D eigenvalue weighted by atomic mass is 9.80. The van der Waals surface area contributed by atoms with Crippen LogP contribution in [0.3, 0.4) is 0 Å². The summed E-state index contributed by atoms with van der Waals surface area (Å²) >= 11 is 0. The van der Waals surface area contributed by atoms with Gasteiger partial charge in [0, 0.05) is 18.6 Å². The number of hydrogen-bond donors (Lipinski definition) is 1. The van der Waals surface area contributed by atoms with Crippen LogP contribution in [-0.2, 0) is 10.2 Å². The molecule has 3 heteroatoms. The number of nitrogens with two attached hydrogens (primary N) is 1. The Kier molecular flexibility index (Phi) is 3.46. The first-order valence-corrected chi connectivity index (χ1v) is 5.82. The second-order valence-electron chi connectivity index (χ2n) is 4.24. The van der Waals surface area contributed by atoms with Crippen molar-refractivity contribution in [2.24, 2.45) is 5.73 Å². The SMILES string of the molecule is CCOc1ccc(C2(CN)CCOC2)cc1. The van der Waals surface area contributed by atoms with E-state index in [0.29, 0.717) is 13.2 Å². The van der Waals surface area contributed by atoms with E-state index in [1.54, 1.807) is 0 Å². The molecule has 2 rings (SSSR count). The van der Waals surface area contributed by atoms with Crippen molar-refractivity contribution < 1.29 is 9.47 Å². The molecule has 1 fully saturated rings. The maximum atomic E-state index is 5.89. The topological polar surface area (TPSA) is 44.5 Å². The Bertz CT molecular complexity index is 328. The molecule has 1 aliphatic heterocycles. The molecule has 0 spiro atoms. The van der Waals surface area contributed by atoms with E-state index in [2.05, 4.69) is 12.1 Å². The van der Waals surface area contributed by atoms with Crippen molar-refractivity contribution in [2.45, 2.75) is 18.8 Å². The van der Waals surface area contributed by atoms with Crippen molar-refractivity contribution >= 4 is 0 Å². The Morgan fingerprint density at radius 2 is 2.12 bits per heavy atom. The summed E-state index contributed by atoms with van der Waals surface area (Å²) in [6.07, 6.45) is 1.01. The zero-order valence-corrected chi connectivity index (χ0v) is 9.74. The molecule has 0 bridgehead atoms. The van der Waals surface area contributed by atoms with Crippen LogP contribution in [0, 0.1) is 0 Å². The van der Waals surface area contributed by atoms with E-state index in [-0.39, 0.29) is 5.41 Å². The highest BCUT2D eigenvalue weighted by atomic mass is 16.5. The molecule has 1 aromatic carbocycles. The highest BCUT2D eigenvalue weighted by Gasteiger charge is 2.35. The van der Waals surface area contributed by atoms with Crippen LogP contribution in [0.15, 0.2) is 24.3 Å². The van der Waals surface area contributed by atoms with E-state index in [0.717, 1.165) is 25.4 Å². The third-order valence-electron chi connectivity index (χ3n) is 3.27. The third-order valence-corrected chi connectivity index (χ3v) is 3.27. The maximum absolute atomic E-state index is 5.89. The van der Waals surface area contributed by atoms with Gasteiger partial charge in [-0.3, -0.25) is 0 Å². The highest BCUT2D eigenvalue weighted by Crippen LogP contribution is 2.32. The molecular formula is C13H19NO2. The second-order valence-corrected chi connectivity index (χ2v) is 4.24. The molecule has 1 unspecified atom stereocenters. The van der Waals surface area contributed by atoms with Gasteiger partial charge in [0.2, 0.25) is 0 Å². The Labute approximate surface area is 96.5 Å². The molecule has 0 aliphatic carbocycles. The second kappa shape index (κ2) is 4.85. The van der Waals surface area contributed by atoms with Crippen LogP contribution >= 0.6 is 0 Å². The quantitative estimate of drug-likeness (QED) is 0.841. The number of rotatable bonds is 4. The van der Waals surface area contributed by atoms with Crippen molar-refractivity contribution in [3.63, 3.8) is 0 Å². The zero-order chi connectivity index (χ0) is 11.4. The summed E-state index contributed by atoms with van der Waals surface area (Å²) in [6, 6.07) is 8.22. The van der Waals surface area contributed by atoms with Crippen LogP contribution < -0.4 is 10.5 Å². The minimum Gasteiger partial charge on any atom is -0.494 e. The zero-order valence-electron chi connectivity index (χ0n) is 9.74. The van der Waals surface area contributed by atoms with Crippen LogP contribution in [0.4, 0.5) is 0 Å². The lowest BCUT2D eigenvalue weighted by Gasteiger charge is -2.26. The van der Waals surface area contributed by atoms with Crippen molar-refractivity contribution in [1.29, 1.82) is 0 Å². The Hall–Kier alpha value is -1.06. The van der Waals surface area contributed by atoms with E-state index < -0.39 is 0 Å². The summed E-state index contributed by atoms with van der Waals surface area (Å²) in [7, 11) is 0. The van der Waals surface area contributed by atoms with Gasteiger partial charge in [-0.1, -0.05) is 12.1 Å². The predicted octanol–water partition coefficient (Wildman–Crippen LogP) is 1.70. The molecule has 1 aliphatic rings. The lowest BCUT2D eigenvalue weighted by molar-refractivity contribution is 0.178. The molecule has 1 atom stereocenters. The van der Waals surface area contributed by atoms with E-state index >= 15 is 0 Å². The average Bonchev–Trinajstić information content (AvgIpc) is 2.80. The Morgan fingerprint density at radius 1 is 1.38 bits per heavy atom. The molecule has 1 saturated heterocycles. The van der Waals surface area contributed by atoms with Gasteiger partial charge < -0.3 is 15.2 Å². The van der Waals surface area contributed by atoms with Gasteiger partial charge >= 0.3 is 0 Å². The Morgan fingerprint density at radius 3 is 2.62 bits per heavy atom. The van der Waals surface area contributed by atoms with Crippen molar-refractivity contribution in [3.8, 4) is 5.75 Å². The molecule has 0 saturated carbocycles. The van der Waals surface area contributed by atoms with Gasteiger partial charge in [-0.15, -0.1) is 0 Å². The Balaban J connectivity index is 2.19. The first kappa shape index (κ1) is 11.4. The largest absolute Gasteiger partial charge is 0.494 e. The summed E-state index contributed by atoms with van der Waals surface area (Å²) in [5.74, 6) is 0.914. The fourth-order valence-corrected chi connectivity index (χ4v) is 2.19. The molecule has 3 nitrogen and oxygen atoms in total. The standard InChI is InChI=1S/C13H19NO2/c1-2-16-12-5-3-11(4-6-12)13(9-14)7-8-15-10-13/h3-6H,2,7-10,14H2,1H3. The maximum Gasteiger partial charge on any atom is 0.119 e. The lowest BCUT2D eigenvalue weighted by Crippen LogP contribution is -2.35. The molecular weight excluding hydrogens is 202 g/mol. The van der Waals surface area contributed by atoms with Gasteiger partial charge in [0.25, 0.3) is 0 Å². The van der Waals surface area contributed by atoms with Crippen LogP contribution in [0.25, 0.3) is 0 Å². The normalized spacial score (nSPS) is 24.6. The predicted molar refractivity (Wildman–Crippen MR) is 63.8 cm³/mol. The van der Waals surface area contributed by atoms with Gasteiger partial charge in [-0.2, -0.15) is 0 Å². The number of benzene rings is 1. The third kappa shape index (κ3) is 2.06. The molecule has 0 amide bonds. The molecule has 0 radical (unpaired) electrons. The van der Waals surface area contributed by atoms with E-state index in [4.69, 9.17) is 15.2 Å². The summed E-state index contributed by atoms with van der Waals surface area (Å²) in [5, 5.41) is 0. The summed E-state index contributed by atoms with van der Waals surface area (Å²) in [4.78, 5) is 0. The highest BCUT2D eigenvalue weighted by molar-refractivity contribution is 5.33. The fourth-order valence-electron chi connectivity index (χ4n) is 2.19. The van der Waals surface area contributed by atoms with Crippen LogP contribution in [0.5, 0.6) is 5.75 Å². The van der Waals surface area contributed by atoms with Crippen molar-refractivity contribution in [2.75, 3.05) is 26.4 Å². The minimum atomic E-state index is 0.0186. The molecule has 0 aromatic heterocycles. The fraction of sp³-hybridized carbons (Fsp3) is 0.538. The van der Waals surface area contributed by atoms with Gasteiger partial charge in [0.1, 0.15) is 5.75 Å². The summed E-state index contributed by atoms with van der Waals surface area (Å²) in [5.41, 5.74) is 7.17. The molecule has 2 N–H and O–H groups in total. The number of hydrogen-bond acceptors (Lipinski definition) is 3. The smallest absolute Gasteiger partial charge is 0.119 e. The van der Waals surface area contributed by atoms with Gasteiger partial charge in [-0.25, -0.2) is 0 Å². The van der Waals surface area contributed by atoms with E-state index in [9.17, 15) is 0 Å². The molecule has 88 valence electrons. The van der Waals surface area contributed by atoms with E-state index in [1.807, 2.05) is 19.1 Å². The van der Waals surface area contributed by atoms with Gasteiger partial charge in [0.15, 0.2) is 0 Å². The van der Waals surface area contributed by atoms with Crippen molar-refractivity contribution in [1.82, 2.24) is 0 Å². The number of ether oxygens (including phenoxy) is 2.